The second-order valence-corrected chi connectivity index (χ2v) is 5.44. The Labute approximate surface area is 111 Å². The highest BCUT2D eigenvalue weighted by atomic mass is 79.9. The smallest absolute Gasteiger partial charge is 0.117 e. The van der Waals surface area contributed by atoms with E-state index in [1.807, 2.05) is 30.3 Å². The van der Waals surface area contributed by atoms with Crippen molar-refractivity contribution in [1.82, 2.24) is 4.37 Å². The van der Waals surface area contributed by atoms with E-state index < -0.39 is 0 Å². The first kappa shape index (κ1) is 10.7. The van der Waals surface area contributed by atoms with Crippen molar-refractivity contribution in [1.29, 1.82) is 0 Å². The number of halogens is 1. The average molecular weight is 306 g/mol. The molecule has 0 radical (unpaired) electrons. The van der Waals surface area contributed by atoms with Crippen molar-refractivity contribution in [2.24, 2.45) is 0 Å². The molecule has 0 bridgehead atoms. The lowest BCUT2D eigenvalue weighted by atomic mass is 10.1. The van der Waals surface area contributed by atoms with Crippen LogP contribution in [-0.2, 0) is 0 Å². The van der Waals surface area contributed by atoms with E-state index in [1.165, 1.54) is 11.5 Å². The zero-order chi connectivity index (χ0) is 11.8. The molecule has 0 amide bonds. The molecule has 0 saturated carbocycles. The van der Waals surface area contributed by atoms with E-state index in [2.05, 4.69) is 20.3 Å². The Bertz CT molecular complexity index is 675. The number of phenolic OH excluding ortho intramolecular Hbond substituents is 1. The van der Waals surface area contributed by atoms with Gasteiger partial charge in [0, 0.05) is 15.4 Å². The lowest BCUT2D eigenvalue weighted by Crippen LogP contribution is -1.77. The van der Waals surface area contributed by atoms with Crippen molar-refractivity contribution in [2.45, 2.75) is 0 Å². The molecule has 0 unspecified atom stereocenters. The molecule has 2 nitrogen and oxygen atoms in total. The summed E-state index contributed by atoms with van der Waals surface area (Å²) in [6.45, 7) is 0. The Balaban J connectivity index is 2.21. The topological polar surface area (TPSA) is 33.1 Å². The van der Waals surface area contributed by atoms with Crippen LogP contribution in [0.3, 0.4) is 0 Å². The SMILES string of the molecule is Oc1ccc2c(-c3ccc(Br)cc3)nsc2c1. The minimum atomic E-state index is 0.281. The molecule has 0 aliphatic carbocycles. The van der Waals surface area contributed by atoms with Crippen LogP contribution in [0.5, 0.6) is 5.75 Å². The molecule has 0 saturated heterocycles. The summed E-state index contributed by atoms with van der Waals surface area (Å²) in [5.41, 5.74) is 2.06. The largest absolute Gasteiger partial charge is 0.508 e. The Morgan fingerprint density at radius 2 is 1.82 bits per heavy atom. The highest BCUT2D eigenvalue weighted by molar-refractivity contribution is 9.10. The second-order valence-electron chi connectivity index (χ2n) is 3.72. The number of benzene rings is 2. The third kappa shape index (κ3) is 1.94. The van der Waals surface area contributed by atoms with E-state index in [9.17, 15) is 5.11 Å². The third-order valence-electron chi connectivity index (χ3n) is 2.57. The number of phenols is 1. The number of rotatable bonds is 1. The minimum Gasteiger partial charge on any atom is -0.508 e. The van der Waals surface area contributed by atoms with Crippen LogP contribution in [0, 0.1) is 0 Å². The Kier molecular flexibility index (Phi) is 2.61. The molecule has 0 spiro atoms. The maximum Gasteiger partial charge on any atom is 0.117 e. The molecule has 84 valence electrons. The Morgan fingerprint density at radius 3 is 2.59 bits per heavy atom. The molecule has 3 aromatic rings. The van der Waals surface area contributed by atoms with E-state index in [0.29, 0.717) is 0 Å². The number of hydrogen-bond acceptors (Lipinski definition) is 3. The van der Waals surface area contributed by atoms with Crippen LogP contribution < -0.4 is 0 Å². The highest BCUT2D eigenvalue weighted by Gasteiger charge is 2.08. The lowest BCUT2D eigenvalue weighted by Gasteiger charge is -1.98. The molecule has 1 heterocycles. The van der Waals surface area contributed by atoms with E-state index in [-0.39, 0.29) is 5.75 Å². The normalized spacial score (nSPS) is 10.9. The maximum absolute atomic E-state index is 9.42. The van der Waals surface area contributed by atoms with Gasteiger partial charge in [-0.15, -0.1) is 0 Å². The van der Waals surface area contributed by atoms with Gasteiger partial charge in [-0.1, -0.05) is 28.1 Å². The predicted molar refractivity (Wildman–Crippen MR) is 74.4 cm³/mol. The fourth-order valence-electron chi connectivity index (χ4n) is 1.74. The van der Waals surface area contributed by atoms with Crippen molar-refractivity contribution >= 4 is 37.5 Å². The van der Waals surface area contributed by atoms with Crippen LogP contribution in [-0.4, -0.2) is 9.48 Å². The van der Waals surface area contributed by atoms with E-state index >= 15 is 0 Å². The molecule has 0 atom stereocenters. The van der Waals surface area contributed by atoms with Crippen molar-refractivity contribution in [2.75, 3.05) is 0 Å². The van der Waals surface area contributed by atoms with E-state index in [4.69, 9.17) is 0 Å². The summed E-state index contributed by atoms with van der Waals surface area (Å²) < 4.78 is 6.51. The zero-order valence-corrected chi connectivity index (χ0v) is 11.1. The average Bonchev–Trinajstić information content (AvgIpc) is 2.73. The van der Waals surface area contributed by atoms with Gasteiger partial charge in [-0.25, -0.2) is 0 Å². The highest BCUT2D eigenvalue weighted by Crippen LogP contribution is 2.33. The second kappa shape index (κ2) is 4.13. The molecule has 2 aromatic carbocycles. The lowest BCUT2D eigenvalue weighted by molar-refractivity contribution is 0.476. The van der Waals surface area contributed by atoms with Gasteiger partial charge in [0.05, 0.1) is 10.4 Å². The minimum absolute atomic E-state index is 0.281. The summed E-state index contributed by atoms with van der Waals surface area (Å²) in [7, 11) is 0. The van der Waals surface area contributed by atoms with Gasteiger partial charge >= 0.3 is 0 Å². The first-order chi connectivity index (χ1) is 8.24. The van der Waals surface area contributed by atoms with Crippen LogP contribution in [0.15, 0.2) is 46.9 Å². The van der Waals surface area contributed by atoms with Crippen molar-refractivity contribution < 1.29 is 5.11 Å². The number of hydrogen-bond donors (Lipinski definition) is 1. The monoisotopic (exact) mass is 305 g/mol. The van der Waals surface area contributed by atoms with Gasteiger partial charge in [0.15, 0.2) is 0 Å². The number of fused-ring (bicyclic) bond motifs is 1. The molecule has 17 heavy (non-hydrogen) atoms. The molecule has 4 heteroatoms. The summed E-state index contributed by atoms with van der Waals surface area (Å²) in [5, 5.41) is 10.5. The van der Waals surface area contributed by atoms with Crippen LogP contribution in [0.25, 0.3) is 21.3 Å². The standard InChI is InChI=1S/C13H8BrNOS/c14-9-3-1-8(2-4-9)13-11-6-5-10(16)7-12(11)17-15-13/h1-7,16H. The molecule has 0 aliphatic heterocycles. The summed E-state index contributed by atoms with van der Waals surface area (Å²) >= 11 is 4.82. The van der Waals surface area contributed by atoms with Gasteiger partial charge in [0.1, 0.15) is 5.75 Å². The summed E-state index contributed by atoms with van der Waals surface area (Å²) in [4.78, 5) is 0. The van der Waals surface area contributed by atoms with Gasteiger partial charge < -0.3 is 5.11 Å². The summed E-state index contributed by atoms with van der Waals surface area (Å²) in [6, 6.07) is 13.4. The van der Waals surface area contributed by atoms with Crippen molar-refractivity contribution in [3.05, 3.63) is 46.9 Å². The summed E-state index contributed by atoms with van der Waals surface area (Å²) in [5.74, 6) is 0.281. The van der Waals surface area contributed by atoms with E-state index in [0.717, 1.165) is 25.8 Å². The van der Waals surface area contributed by atoms with Crippen molar-refractivity contribution in [3.8, 4) is 17.0 Å². The summed E-state index contributed by atoms with van der Waals surface area (Å²) in [6.07, 6.45) is 0. The molecule has 0 fully saturated rings. The number of nitrogens with zero attached hydrogens (tertiary/aromatic N) is 1. The van der Waals surface area contributed by atoms with Gasteiger partial charge in [-0.3, -0.25) is 0 Å². The zero-order valence-electron chi connectivity index (χ0n) is 8.72. The number of aromatic hydroxyl groups is 1. The third-order valence-corrected chi connectivity index (χ3v) is 3.91. The molecule has 1 N–H and O–H groups in total. The van der Waals surface area contributed by atoms with Crippen LogP contribution in [0.1, 0.15) is 0 Å². The Morgan fingerprint density at radius 1 is 1.06 bits per heavy atom. The first-order valence-electron chi connectivity index (χ1n) is 5.08. The van der Waals surface area contributed by atoms with Gasteiger partial charge in [-0.05, 0) is 41.9 Å². The van der Waals surface area contributed by atoms with Gasteiger partial charge in [0.2, 0.25) is 0 Å². The van der Waals surface area contributed by atoms with Crippen LogP contribution >= 0.6 is 27.5 Å². The van der Waals surface area contributed by atoms with Crippen LogP contribution in [0.2, 0.25) is 0 Å². The maximum atomic E-state index is 9.42. The van der Waals surface area contributed by atoms with Gasteiger partial charge in [-0.2, -0.15) is 4.37 Å². The molecular weight excluding hydrogens is 298 g/mol. The molecule has 3 rings (SSSR count). The number of aromatic nitrogens is 1. The van der Waals surface area contributed by atoms with Crippen molar-refractivity contribution in [3.63, 3.8) is 0 Å². The van der Waals surface area contributed by atoms with Crippen LogP contribution in [0.4, 0.5) is 0 Å². The fourth-order valence-corrected chi connectivity index (χ4v) is 2.84. The quantitative estimate of drug-likeness (QED) is 0.721. The van der Waals surface area contributed by atoms with Gasteiger partial charge in [0.25, 0.3) is 0 Å². The first-order valence-corrected chi connectivity index (χ1v) is 6.65. The fraction of sp³-hybridized carbons (Fsp3) is 0. The molecule has 1 aromatic heterocycles. The molecule has 0 aliphatic rings. The Hall–Kier alpha value is -1.39. The molecular formula is C13H8BrNOS. The van der Waals surface area contributed by atoms with E-state index in [1.54, 1.807) is 12.1 Å². The predicted octanol–water partition coefficient (Wildman–Crippen LogP) is 4.43.